The van der Waals surface area contributed by atoms with Crippen molar-refractivity contribution in [2.75, 3.05) is 12.4 Å². The highest BCUT2D eigenvalue weighted by Crippen LogP contribution is 2.24. The molecule has 0 saturated heterocycles. The molecule has 1 N–H and O–H groups in total. The largest absolute Gasteiger partial charge is 0.453 e. The van der Waals surface area contributed by atoms with Gasteiger partial charge in [0, 0.05) is 11.5 Å². The van der Waals surface area contributed by atoms with E-state index in [1.165, 1.54) is 7.11 Å². The Hall–Kier alpha value is -1.52. The van der Waals surface area contributed by atoms with Crippen molar-refractivity contribution in [2.24, 2.45) is 0 Å². The van der Waals surface area contributed by atoms with Gasteiger partial charge in [-0.15, -0.1) is 0 Å². The summed E-state index contributed by atoms with van der Waals surface area (Å²) in [5.41, 5.74) is -0.122. The van der Waals surface area contributed by atoms with E-state index < -0.39 is 6.09 Å². The first-order chi connectivity index (χ1) is 6.43. The molecule has 14 heavy (non-hydrogen) atoms. The summed E-state index contributed by atoms with van der Waals surface area (Å²) in [5.74, 6) is 1.07. The molecule has 5 nitrogen and oxygen atoms in total. The molecule has 78 valence electrons. The van der Waals surface area contributed by atoms with Gasteiger partial charge in [0.15, 0.2) is 5.82 Å². The van der Waals surface area contributed by atoms with Gasteiger partial charge in [-0.2, -0.15) is 0 Å². The van der Waals surface area contributed by atoms with E-state index in [-0.39, 0.29) is 5.41 Å². The molecule has 1 aromatic heterocycles. The molecule has 0 atom stereocenters. The molecule has 0 aliphatic carbocycles. The summed E-state index contributed by atoms with van der Waals surface area (Å²) in [6.07, 6.45) is -0.557. The molecule has 0 saturated carbocycles. The predicted molar refractivity (Wildman–Crippen MR) is 51.2 cm³/mol. The molecule has 1 heterocycles. The Kier molecular flexibility index (Phi) is 2.78. The van der Waals surface area contributed by atoms with Crippen LogP contribution < -0.4 is 5.32 Å². The van der Waals surface area contributed by atoms with E-state index in [0.717, 1.165) is 0 Å². The first-order valence-electron chi connectivity index (χ1n) is 4.25. The molecule has 0 unspecified atom stereocenters. The molecule has 1 amide bonds. The van der Waals surface area contributed by atoms with Crippen molar-refractivity contribution < 1.29 is 14.1 Å². The minimum absolute atomic E-state index is 0.122. The average Bonchev–Trinajstić information content (AvgIpc) is 2.51. The van der Waals surface area contributed by atoms with E-state index >= 15 is 0 Å². The van der Waals surface area contributed by atoms with Crippen molar-refractivity contribution in [1.29, 1.82) is 0 Å². The monoisotopic (exact) mass is 198 g/mol. The minimum atomic E-state index is -0.557. The van der Waals surface area contributed by atoms with Crippen molar-refractivity contribution in [3.05, 3.63) is 11.8 Å². The molecule has 1 rings (SSSR count). The van der Waals surface area contributed by atoms with E-state index in [0.29, 0.717) is 11.6 Å². The van der Waals surface area contributed by atoms with Crippen LogP contribution in [0.4, 0.5) is 10.6 Å². The predicted octanol–water partition coefficient (Wildman–Crippen LogP) is 2.15. The topological polar surface area (TPSA) is 64.4 Å². The van der Waals surface area contributed by atoms with Crippen LogP contribution in [0.5, 0.6) is 0 Å². The average molecular weight is 198 g/mol. The maximum absolute atomic E-state index is 10.8. The molecule has 0 aromatic carbocycles. The zero-order valence-corrected chi connectivity index (χ0v) is 8.75. The number of rotatable bonds is 1. The maximum Gasteiger partial charge on any atom is 0.412 e. The second-order valence-corrected chi connectivity index (χ2v) is 3.94. The molecule has 0 spiro atoms. The van der Waals surface area contributed by atoms with Gasteiger partial charge in [-0.05, 0) is 0 Å². The number of aromatic nitrogens is 1. The molecule has 0 bridgehead atoms. The summed E-state index contributed by atoms with van der Waals surface area (Å²) in [6, 6.07) is 1.68. The van der Waals surface area contributed by atoms with Crippen molar-refractivity contribution in [3.8, 4) is 0 Å². The van der Waals surface area contributed by atoms with Crippen molar-refractivity contribution >= 4 is 11.9 Å². The lowest BCUT2D eigenvalue weighted by molar-refractivity contribution is 0.186. The molecule has 0 fully saturated rings. The zero-order chi connectivity index (χ0) is 10.8. The number of carbonyl (C=O) groups is 1. The van der Waals surface area contributed by atoms with Crippen LogP contribution in [0.1, 0.15) is 26.5 Å². The Morgan fingerprint density at radius 1 is 1.57 bits per heavy atom. The van der Waals surface area contributed by atoms with Gasteiger partial charge in [0.25, 0.3) is 0 Å². The van der Waals surface area contributed by atoms with Gasteiger partial charge in [0.1, 0.15) is 5.76 Å². The van der Waals surface area contributed by atoms with Gasteiger partial charge in [-0.25, -0.2) is 4.79 Å². The summed E-state index contributed by atoms with van der Waals surface area (Å²) in [7, 11) is 1.29. The lowest BCUT2D eigenvalue weighted by Crippen LogP contribution is -2.11. The summed E-state index contributed by atoms with van der Waals surface area (Å²) in [4.78, 5) is 10.8. The van der Waals surface area contributed by atoms with E-state index in [2.05, 4.69) is 15.2 Å². The number of carbonyl (C=O) groups excluding carboxylic acids is 1. The lowest BCUT2D eigenvalue weighted by Gasteiger charge is -2.11. The Balaban J connectivity index is 2.74. The van der Waals surface area contributed by atoms with Crippen LogP contribution in [0.2, 0.25) is 0 Å². The van der Waals surface area contributed by atoms with Gasteiger partial charge < -0.3 is 9.26 Å². The van der Waals surface area contributed by atoms with E-state index in [1.807, 2.05) is 20.8 Å². The van der Waals surface area contributed by atoms with E-state index in [1.54, 1.807) is 6.07 Å². The number of hydrogen-bond donors (Lipinski definition) is 1. The smallest absolute Gasteiger partial charge is 0.412 e. The molecular formula is C9H14N2O3. The first-order valence-corrected chi connectivity index (χ1v) is 4.25. The van der Waals surface area contributed by atoms with Crippen LogP contribution >= 0.6 is 0 Å². The number of methoxy groups -OCH3 is 1. The third-order valence-corrected chi connectivity index (χ3v) is 1.66. The number of nitrogens with one attached hydrogen (secondary N) is 1. The standard InChI is InChI=1S/C9H14N2O3/c1-9(2,3)6-5-7(11-14-6)10-8(12)13-4/h5H,1-4H3,(H,10,11,12). The fourth-order valence-electron chi connectivity index (χ4n) is 0.843. The van der Waals surface area contributed by atoms with E-state index in [9.17, 15) is 4.79 Å². The minimum Gasteiger partial charge on any atom is -0.453 e. The summed E-state index contributed by atoms with van der Waals surface area (Å²) in [6.45, 7) is 5.99. The highest BCUT2D eigenvalue weighted by Gasteiger charge is 2.20. The second kappa shape index (κ2) is 3.69. The quantitative estimate of drug-likeness (QED) is 0.750. The molecule has 5 heteroatoms. The fourth-order valence-corrected chi connectivity index (χ4v) is 0.843. The summed E-state index contributed by atoms with van der Waals surface area (Å²) >= 11 is 0. The van der Waals surface area contributed by atoms with Gasteiger partial charge in [-0.3, -0.25) is 5.32 Å². The third kappa shape index (κ3) is 2.48. The Morgan fingerprint density at radius 3 is 2.64 bits per heavy atom. The Labute approximate surface area is 82.4 Å². The Morgan fingerprint density at radius 2 is 2.21 bits per heavy atom. The van der Waals surface area contributed by atoms with Crippen molar-refractivity contribution in [2.45, 2.75) is 26.2 Å². The zero-order valence-electron chi connectivity index (χ0n) is 8.75. The molecular weight excluding hydrogens is 184 g/mol. The number of nitrogens with zero attached hydrogens (tertiary/aromatic N) is 1. The van der Waals surface area contributed by atoms with Crippen LogP contribution in [0.15, 0.2) is 10.6 Å². The first kappa shape index (κ1) is 10.6. The fraction of sp³-hybridized carbons (Fsp3) is 0.556. The number of hydrogen-bond acceptors (Lipinski definition) is 4. The number of amides is 1. The van der Waals surface area contributed by atoms with Crippen molar-refractivity contribution in [3.63, 3.8) is 0 Å². The summed E-state index contributed by atoms with van der Waals surface area (Å²) < 4.78 is 9.47. The van der Waals surface area contributed by atoms with Crippen LogP contribution in [0, 0.1) is 0 Å². The second-order valence-electron chi connectivity index (χ2n) is 3.94. The highest BCUT2D eigenvalue weighted by molar-refractivity contribution is 5.83. The molecule has 0 aliphatic rings. The SMILES string of the molecule is COC(=O)Nc1cc(C(C)(C)C)on1. The van der Waals surface area contributed by atoms with Crippen molar-refractivity contribution in [1.82, 2.24) is 5.16 Å². The maximum atomic E-state index is 10.8. The number of anilines is 1. The lowest BCUT2D eigenvalue weighted by atomic mass is 9.93. The van der Waals surface area contributed by atoms with E-state index in [4.69, 9.17) is 4.52 Å². The normalized spacial score (nSPS) is 11.1. The van der Waals surface area contributed by atoms with Crippen LogP contribution in [-0.4, -0.2) is 18.4 Å². The van der Waals surface area contributed by atoms with Crippen LogP contribution in [0.25, 0.3) is 0 Å². The van der Waals surface area contributed by atoms with Gasteiger partial charge in [0.2, 0.25) is 0 Å². The Bertz CT molecular complexity index is 325. The van der Waals surface area contributed by atoms with Crippen LogP contribution in [-0.2, 0) is 10.2 Å². The summed E-state index contributed by atoms with van der Waals surface area (Å²) in [5, 5.41) is 6.10. The molecule has 0 radical (unpaired) electrons. The molecule has 1 aromatic rings. The molecule has 0 aliphatic heterocycles. The van der Waals surface area contributed by atoms with Gasteiger partial charge in [0.05, 0.1) is 7.11 Å². The third-order valence-electron chi connectivity index (χ3n) is 1.66. The highest BCUT2D eigenvalue weighted by atomic mass is 16.5. The van der Waals surface area contributed by atoms with Gasteiger partial charge in [-0.1, -0.05) is 25.9 Å². The van der Waals surface area contributed by atoms with Crippen LogP contribution in [0.3, 0.4) is 0 Å². The number of ether oxygens (including phenoxy) is 1. The van der Waals surface area contributed by atoms with Gasteiger partial charge >= 0.3 is 6.09 Å².